The first-order valence-electron chi connectivity index (χ1n) is 6.33. The third kappa shape index (κ3) is 2.48. The molecule has 0 saturated carbocycles. The fraction of sp³-hybridized carbons (Fsp3) is 0.250. The van der Waals surface area contributed by atoms with Gasteiger partial charge in [0.2, 0.25) is 17.8 Å². The first kappa shape index (κ1) is 12.3. The lowest BCUT2D eigenvalue weighted by molar-refractivity contribution is 0.830. The van der Waals surface area contributed by atoms with Crippen molar-refractivity contribution in [2.24, 2.45) is 0 Å². The van der Waals surface area contributed by atoms with Crippen LogP contribution in [-0.4, -0.2) is 40.6 Å². The van der Waals surface area contributed by atoms with E-state index in [4.69, 9.17) is 0 Å². The van der Waals surface area contributed by atoms with Gasteiger partial charge in [-0.3, -0.25) is 9.13 Å². The second-order valence-corrected chi connectivity index (χ2v) is 4.13. The van der Waals surface area contributed by atoms with Gasteiger partial charge in [-0.1, -0.05) is 6.92 Å². The van der Waals surface area contributed by atoms with Gasteiger partial charge >= 0.3 is 0 Å². The standard InChI is InChI=1S/C12H14N8/c1-2-3-15-10-16-11(19-6-4-13-8-19)18-12(17-10)20-7-5-14-9-20/h4-9H,2-3H2,1H3,(H,15,16,17,18). The molecule has 1 N–H and O–H groups in total. The zero-order valence-electron chi connectivity index (χ0n) is 11.0. The lowest BCUT2D eigenvalue weighted by Gasteiger charge is -2.08. The molecule has 0 spiro atoms. The number of anilines is 1. The molecule has 0 fully saturated rings. The number of imidazole rings is 2. The molecule has 3 heterocycles. The van der Waals surface area contributed by atoms with E-state index in [1.165, 1.54) is 0 Å². The summed E-state index contributed by atoms with van der Waals surface area (Å²) in [6.45, 7) is 2.89. The average molecular weight is 270 g/mol. The van der Waals surface area contributed by atoms with Crippen molar-refractivity contribution in [1.82, 2.24) is 34.1 Å². The number of hydrogen-bond acceptors (Lipinski definition) is 6. The SMILES string of the molecule is CCCNc1nc(-n2ccnc2)nc(-n2ccnc2)n1. The second kappa shape index (κ2) is 5.47. The highest BCUT2D eigenvalue weighted by atomic mass is 15.3. The maximum atomic E-state index is 4.41. The number of rotatable bonds is 5. The molecule has 20 heavy (non-hydrogen) atoms. The summed E-state index contributed by atoms with van der Waals surface area (Å²) in [5, 5.41) is 3.17. The average Bonchev–Trinajstić information content (AvgIpc) is 3.17. The highest BCUT2D eigenvalue weighted by molar-refractivity contribution is 5.32. The van der Waals surface area contributed by atoms with Crippen LogP contribution in [0.25, 0.3) is 11.9 Å². The summed E-state index contributed by atoms with van der Waals surface area (Å²) in [4.78, 5) is 21.2. The van der Waals surface area contributed by atoms with Crippen LogP contribution in [0, 0.1) is 0 Å². The Kier molecular flexibility index (Phi) is 3.36. The van der Waals surface area contributed by atoms with Crippen molar-refractivity contribution in [2.75, 3.05) is 11.9 Å². The molecule has 0 amide bonds. The van der Waals surface area contributed by atoms with Crippen molar-refractivity contribution in [3.8, 4) is 11.9 Å². The van der Waals surface area contributed by atoms with Crippen molar-refractivity contribution >= 4 is 5.95 Å². The lowest BCUT2D eigenvalue weighted by atomic mass is 10.5. The van der Waals surface area contributed by atoms with Crippen molar-refractivity contribution in [2.45, 2.75) is 13.3 Å². The van der Waals surface area contributed by atoms with Gasteiger partial charge < -0.3 is 5.32 Å². The van der Waals surface area contributed by atoms with Crippen LogP contribution >= 0.6 is 0 Å². The van der Waals surface area contributed by atoms with E-state index >= 15 is 0 Å². The molecule has 0 radical (unpaired) electrons. The predicted molar refractivity (Wildman–Crippen MR) is 72.9 cm³/mol. The van der Waals surface area contributed by atoms with Crippen LogP contribution in [0.2, 0.25) is 0 Å². The van der Waals surface area contributed by atoms with Crippen molar-refractivity contribution in [1.29, 1.82) is 0 Å². The molecule has 3 aromatic rings. The summed E-state index contributed by atoms with van der Waals surface area (Å²) in [7, 11) is 0. The van der Waals surface area contributed by atoms with Crippen LogP contribution < -0.4 is 5.32 Å². The summed E-state index contributed by atoms with van der Waals surface area (Å²) < 4.78 is 3.47. The van der Waals surface area contributed by atoms with Gasteiger partial charge in [0, 0.05) is 31.3 Å². The van der Waals surface area contributed by atoms with Crippen LogP contribution in [0.3, 0.4) is 0 Å². The van der Waals surface area contributed by atoms with Gasteiger partial charge in [-0.05, 0) is 6.42 Å². The summed E-state index contributed by atoms with van der Waals surface area (Å²) in [5.41, 5.74) is 0. The van der Waals surface area contributed by atoms with Crippen molar-refractivity contribution in [3.05, 3.63) is 37.4 Å². The Morgan fingerprint density at radius 3 is 2.00 bits per heavy atom. The summed E-state index contributed by atoms with van der Waals surface area (Å²) in [6.07, 6.45) is 11.2. The Bertz CT molecular complexity index is 606. The van der Waals surface area contributed by atoms with Crippen molar-refractivity contribution in [3.63, 3.8) is 0 Å². The topological polar surface area (TPSA) is 86.3 Å². The second-order valence-electron chi connectivity index (χ2n) is 4.13. The highest BCUT2D eigenvalue weighted by Crippen LogP contribution is 2.09. The Hall–Kier alpha value is -2.77. The van der Waals surface area contributed by atoms with Crippen LogP contribution in [-0.2, 0) is 0 Å². The molecule has 3 aromatic heterocycles. The van der Waals surface area contributed by atoms with Gasteiger partial charge in [-0.2, -0.15) is 15.0 Å². The Labute approximate surface area is 115 Å². The van der Waals surface area contributed by atoms with E-state index in [-0.39, 0.29) is 0 Å². The molecule has 0 aromatic carbocycles. The first-order valence-corrected chi connectivity index (χ1v) is 6.33. The summed E-state index contributed by atoms with van der Waals surface area (Å²) >= 11 is 0. The van der Waals surface area contributed by atoms with E-state index in [2.05, 4.69) is 37.2 Å². The third-order valence-corrected chi connectivity index (χ3v) is 2.62. The Morgan fingerprint density at radius 2 is 1.55 bits per heavy atom. The minimum Gasteiger partial charge on any atom is -0.354 e. The van der Waals surface area contributed by atoms with E-state index < -0.39 is 0 Å². The quantitative estimate of drug-likeness (QED) is 0.746. The minimum absolute atomic E-state index is 0.514. The zero-order chi connectivity index (χ0) is 13.8. The maximum absolute atomic E-state index is 4.41. The molecule has 102 valence electrons. The minimum atomic E-state index is 0.514. The zero-order valence-corrected chi connectivity index (χ0v) is 11.0. The Morgan fingerprint density at radius 1 is 0.950 bits per heavy atom. The summed E-state index contributed by atoms with van der Waals surface area (Å²) in [5.74, 6) is 1.56. The van der Waals surface area contributed by atoms with Gasteiger partial charge in [-0.25, -0.2) is 9.97 Å². The van der Waals surface area contributed by atoms with E-state index in [1.54, 1.807) is 46.6 Å². The molecule has 0 aliphatic heterocycles. The molecular formula is C12H14N8. The van der Waals surface area contributed by atoms with E-state index in [1.807, 2.05) is 0 Å². The van der Waals surface area contributed by atoms with Gasteiger partial charge in [0.25, 0.3) is 0 Å². The smallest absolute Gasteiger partial charge is 0.241 e. The lowest BCUT2D eigenvalue weighted by Crippen LogP contribution is -2.12. The van der Waals surface area contributed by atoms with Gasteiger partial charge in [-0.15, -0.1) is 0 Å². The number of aromatic nitrogens is 7. The van der Waals surface area contributed by atoms with Crippen LogP contribution in [0.1, 0.15) is 13.3 Å². The van der Waals surface area contributed by atoms with Crippen LogP contribution in [0.5, 0.6) is 0 Å². The number of hydrogen-bond donors (Lipinski definition) is 1. The van der Waals surface area contributed by atoms with E-state index in [0.29, 0.717) is 17.8 Å². The molecule has 0 atom stereocenters. The Balaban J connectivity index is 2.03. The molecule has 3 rings (SSSR count). The highest BCUT2D eigenvalue weighted by Gasteiger charge is 2.09. The molecule has 0 unspecified atom stereocenters. The first-order chi connectivity index (χ1) is 9.86. The summed E-state index contributed by atoms with van der Waals surface area (Å²) in [6, 6.07) is 0. The predicted octanol–water partition coefficient (Wildman–Crippen LogP) is 1.06. The third-order valence-electron chi connectivity index (χ3n) is 2.62. The van der Waals surface area contributed by atoms with Crippen LogP contribution in [0.15, 0.2) is 37.4 Å². The molecule has 8 heteroatoms. The largest absolute Gasteiger partial charge is 0.354 e. The van der Waals surface area contributed by atoms with Gasteiger partial charge in [0.1, 0.15) is 12.7 Å². The van der Waals surface area contributed by atoms with Crippen LogP contribution in [0.4, 0.5) is 5.95 Å². The molecule has 0 aliphatic rings. The molecule has 0 saturated heterocycles. The van der Waals surface area contributed by atoms with Gasteiger partial charge in [0.05, 0.1) is 0 Å². The molecule has 8 nitrogen and oxygen atoms in total. The molecule has 0 bridgehead atoms. The fourth-order valence-electron chi connectivity index (χ4n) is 1.66. The van der Waals surface area contributed by atoms with Gasteiger partial charge in [0.15, 0.2) is 0 Å². The maximum Gasteiger partial charge on any atom is 0.241 e. The van der Waals surface area contributed by atoms with E-state index in [0.717, 1.165) is 13.0 Å². The fourth-order valence-corrected chi connectivity index (χ4v) is 1.66. The molecular weight excluding hydrogens is 256 g/mol. The normalized spacial score (nSPS) is 10.7. The monoisotopic (exact) mass is 270 g/mol. The van der Waals surface area contributed by atoms with E-state index in [9.17, 15) is 0 Å². The van der Waals surface area contributed by atoms with Crippen molar-refractivity contribution < 1.29 is 0 Å². The number of nitrogens with zero attached hydrogens (tertiary/aromatic N) is 7. The molecule has 0 aliphatic carbocycles. The number of nitrogens with one attached hydrogen (secondary N) is 1.